The van der Waals surface area contributed by atoms with Crippen LogP contribution in [0.25, 0.3) is 0 Å². The summed E-state index contributed by atoms with van der Waals surface area (Å²) in [6.07, 6.45) is 0.921. The van der Waals surface area contributed by atoms with Gasteiger partial charge in [0, 0.05) is 11.4 Å². The normalized spacial score (nSPS) is 10.6. The van der Waals surface area contributed by atoms with Crippen LogP contribution in [0.15, 0.2) is 28.8 Å². The van der Waals surface area contributed by atoms with Crippen molar-refractivity contribution in [2.75, 3.05) is 6.61 Å². The summed E-state index contributed by atoms with van der Waals surface area (Å²) in [5.74, 6) is 1.03. The summed E-state index contributed by atoms with van der Waals surface area (Å²) in [4.78, 5) is 4.14. The smallest absolute Gasteiger partial charge is 0.228 e. The Morgan fingerprint density at radius 1 is 1.31 bits per heavy atom. The standard InChI is InChI=1S/C11H11ClN2O2/c12-9-4-2-1-3-8(9)7-10-13-11(5-6-15)16-14-10/h1-4,15H,5-7H2. The van der Waals surface area contributed by atoms with Gasteiger partial charge in [-0.1, -0.05) is 35.0 Å². The van der Waals surface area contributed by atoms with Crippen molar-refractivity contribution in [3.63, 3.8) is 0 Å². The first-order chi connectivity index (χ1) is 7.79. The van der Waals surface area contributed by atoms with Crippen LogP contribution in [0.4, 0.5) is 0 Å². The van der Waals surface area contributed by atoms with Gasteiger partial charge in [0.2, 0.25) is 5.89 Å². The third-order valence-electron chi connectivity index (χ3n) is 2.14. The molecule has 2 aromatic rings. The molecule has 1 aromatic carbocycles. The molecule has 2 rings (SSSR count). The molecule has 5 heteroatoms. The minimum Gasteiger partial charge on any atom is -0.396 e. The van der Waals surface area contributed by atoms with Gasteiger partial charge < -0.3 is 9.63 Å². The maximum absolute atomic E-state index is 8.71. The Balaban J connectivity index is 2.11. The van der Waals surface area contributed by atoms with Crippen molar-refractivity contribution in [3.8, 4) is 0 Å². The summed E-state index contributed by atoms with van der Waals surface area (Å²) in [6.45, 7) is 0.00767. The fourth-order valence-electron chi connectivity index (χ4n) is 1.37. The summed E-state index contributed by atoms with van der Waals surface area (Å²) in [5.41, 5.74) is 0.959. The zero-order chi connectivity index (χ0) is 11.4. The summed E-state index contributed by atoms with van der Waals surface area (Å²) in [6, 6.07) is 7.53. The molecule has 0 bridgehead atoms. The Morgan fingerprint density at radius 3 is 2.88 bits per heavy atom. The number of aromatic nitrogens is 2. The van der Waals surface area contributed by atoms with E-state index < -0.39 is 0 Å². The number of nitrogens with zero attached hydrogens (tertiary/aromatic N) is 2. The van der Waals surface area contributed by atoms with Crippen molar-refractivity contribution in [2.45, 2.75) is 12.8 Å². The molecular weight excluding hydrogens is 228 g/mol. The van der Waals surface area contributed by atoms with Gasteiger partial charge in [-0.05, 0) is 11.6 Å². The van der Waals surface area contributed by atoms with Gasteiger partial charge in [0.1, 0.15) is 0 Å². The molecule has 1 aromatic heterocycles. The highest BCUT2D eigenvalue weighted by atomic mass is 35.5. The Morgan fingerprint density at radius 2 is 2.12 bits per heavy atom. The maximum atomic E-state index is 8.71. The second kappa shape index (κ2) is 5.09. The van der Waals surface area contributed by atoms with Gasteiger partial charge in [0.25, 0.3) is 0 Å². The highest BCUT2D eigenvalue weighted by Crippen LogP contribution is 2.17. The minimum absolute atomic E-state index is 0.00767. The lowest BCUT2D eigenvalue weighted by atomic mass is 10.1. The van der Waals surface area contributed by atoms with Gasteiger partial charge in [-0.15, -0.1) is 0 Å². The summed E-state index contributed by atoms with van der Waals surface area (Å²) < 4.78 is 4.95. The number of hydrogen-bond acceptors (Lipinski definition) is 4. The Labute approximate surface area is 97.9 Å². The van der Waals surface area contributed by atoms with Crippen molar-refractivity contribution < 1.29 is 9.63 Å². The summed E-state index contributed by atoms with van der Waals surface area (Å²) in [7, 11) is 0. The Hall–Kier alpha value is -1.39. The van der Waals surface area contributed by atoms with E-state index in [4.69, 9.17) is 21.2 Å². The minimum atomic E-state index is 0.00767. The quantitative estimate of drug-likeness (QED) is 0.883. The predicted octanol–water partition coefficient (Wildman–Crippen LogP) is 1.85. The number of benzene rings is 1. The van der Waals surface area contributed by atoms with Crippen LogP contribution < -0.4 is 0 Å². The monoisotopic (exact) mass is 238 g/mol. The van der Waals surface area contributed by atoms with Crippen molar-refractivity contribution in [2.24, 2.45) is 0 Å². The molecule has 0 amide bonds. The molecule has 16 heavy (non-hydrogen) atoms. The van der Waals surface area contributed by atoms with Crippen molar-refractivity contribution >= 4 is 11.6 Å². The van der Waals surface area contributed by atoms with Gasteiger partial charge in [-0.2, -0.15) is 4.98 Å². The van der Waals surface area contributed by atoms with Crippen LogP contribution in [-0.4, -0.2) is 21.9 Å². The first-order valence-electron chi connectivity index (χ1n) is 4.95. The first-order valence-corrected chi connectivity index (χ1v) is 5.33. The largest absolute Gasteiger partial charge is 0.396 e. The van der Waals surface area contributed by atoms with E-state index in [1.807, 2.05) is 24.3 Å². The SMILES string of the molecule is OCCc1nc(Cc2ccccc2Cl)no1. The molecule has 0 spiro atoms. The molecule has 1 N–H and O–H groups in total. The summed E-state index contributed by atoms with van der Waals surface area (Å²) >= 11 is 6.02. The molecule has 0 unspecified atom stereocenters. The summed E-state index contributed by atoms with van der Waals surface area (Å²) in [5, 5.41) is 13.2. The maximum Gasteiger partial charge on any atom is 0.228 e. The Kier molecular flexibility index (Phi) is 3.54. The van der Waals surface area contributed by atoms with E-state index in [1.54, 1.807) is 0 Å². The lowest BCUT2D eigenvalue weighted by Crippen LogP contribution is -1.94. The van der Waals surface area contributed by atoms with Gasteiger partial charge in [-0.3, -0.25) is 0 Å². The number of hydrogen-bond donors (Lipinski definition) is 1. The van der Waals surface area contributed by atoms with Gasteiger partial charge in [-0.25, -0.2) is 0 Å². The van der Waals surface area contributed by atoms with Crippen LogP contribution >= 0.6 is 11.6 Å². The van der Waals surface area contributed by atoms with E-state index in [-0.39, 0.29) is 6.61 Å². The van der Waals surface area contributed by atoms with E-state index in [0.717, 1.165) is 5.56 Å². The van der Waals surface area contributed by atoms with Crippen LogP contribution in [0.5, 0.6) is 0 Å². The van der Waals surface area contributed by atoms with Gasteiger partial charge >= 0.3 is 0 Å². The second-order valence-corrected chi connectivity index (χ2v) is 3.75. The van der Waals surface area contributed by atoms with Crippen LogP contribution in [0.2, 0.25) is 5.02 Å². The number of rotatable bonds is 4. The molecule has 0 aliphatic rings. The van der Waals surface area contributed by atoms with E-state index >= 15 is 0 Å². The third-order valence-corrected chi connectivity index (χ3v) is 2.51. The fraction of sp³-hybridized carbons (Fsp3) is 0.273. The lowest BCUT2D eigenvalue weighted by Gasteiger charge is -1.98. The molecular formula is C11H11ClN2O2. The number of aliphatic hydroxyl groups is 1. The molecule has 0 radical (unpaired) electrons. The van der Waals surface area contributed by atoms with E-state index in [9.17, 15) is 0 Å². The predicted molar refractivity (Wildman–Crippen MR) is 59.3 cm³/mol. The molecule has 0 saturated carbocycles. The molecule has 0 fully saturated rings. The van der Waals surface area contributed by atoms with Crippen molar-refractivity contribution in [1.29, 1.82) is 0 Å². The van der Waals surface area contributed by atoms with Crippen molar-refractivity contribution in [1.82, 2.24) is 10.1 Å². The van der Waals surface area contributed by atoms with Crippen LogP contribution in [0.3, 0.4) is 0 Å². The van der Waals surface area contributed by atoms with E-state index in [2.05, 4.69) is 10.1 Å². The molecule has 4 nitrogen and oxygen atoms in total. The highest BCUT2D eigenvalue weighted by Gasteiger charge is 2.08. The second-order valence-electron chi connectivity index (χ2n) is 3.35. The van der Waals surface area contributed by atoms with E-state index in [1.165, 1.54) is 0 Å². The van der Waals surface area contributed by atoms with Crippen LogP contribution in [-0.2, 0) is 12.8 Å². The molecule has 0 aliphatic heterocycles. The topological polar surface area (TPSA) is 59.2 Å². The molecule has 1 heterocycles. The third kappa shape index (κ3) is 2.59. The zero-order valence-corrected chi connectivity index (χ0v) is 9.31. The number of halogens is 1. The molecule has 0 aliphatic carbocycles. The van der Waals surface area contributed by atoms with Gasteiger partial charge in [0.15, 0.2) is 5.82 Å². The molecule has 0 atom stereocenters. The van der Waals surface area contributed by atoms with E-state index in [0.29, 0.717) is 29.6 Å². The number of aliphatic hydroxyl groups excluding tert-OH is 1. The zero-order valence-electron chi connectivity index (χ0n) is 8.56. The molecule has 84 valence electrons. The fourth-order valence-corrected chi connectivity index (χ4v) is 1.57. The van der Waals surface area contributed by atoms with Gasteiger partial charge in [0.05, 0.1) is 13.0 Å². The first kappa shape index (κ1) is 11.1. The molecule has 0 saturated heterocycles. The highest BCUT2D eigenvalue weighted by molar-refractivity contribution is 6.31. The Bertz CT molecular complexity index is 471. The van der Waals surface area contributed by atoms with Crippen LogP contribution in [0, 0.1) is 0 Å². The van der Waals surface area contributed by atoms with Crippen molar-refractivity contribution in [3.05, 3.63) is 46.6 Å². The van der Waals surface area contributed by atoms with Crippen LogP contribution in [0.1, 0.15) is 17.3 Å². The average molecular weight is 239 g/mol. The lowest BCUT2D eigenvalue weighted by molar-refractivity contribution is 0.274. The average Bonchev–Trinajstić information content (AvgIpc) is 2.70.